The molecule has 1 N–H and O–H groups in total. The smallest absolute Gasteiger partial charge is 0.0464 e. The van der Waals surface area contributed by atoms with E-state index in [9.17, 15) is 0 Å². The van der Waals surface area contributed by atoms with Crippen LogP contribution in [0.4, 0.5) is 11.4 Å². The van der Waals surface area contributed by atoms with Gasteiger partial charge in [0.05, 0.1) is 0 Å². The highest BCUT2D eigenvalue weighted by Gasteiger charge is 2.06. The predicted octanol–water partition coefficient (Wildman–Crippen LogP) is 6.06. The van der Waals surface area contributed by atoms with E-state index in [1.54, 1.807) is 0 Å². The number of benzene rings is 3. The van der Waals surface area contributed by atoms with Crippen LogP contribution in [0.1, 0.15) is 5.56 Å². The quantitative estimate of drug-likeness (QED) is 0.619. The van der Waals surface area contributed by atoms with Gasteiger partial charge in [-0.1, -0.05) is 59.6 Å². The molecule has 0 unspecified atom stereocenters. The van der Waals surface area contributed by atoms with Gasteiger partial charge in [0.25, 0.3) is 0 Å². The van der Waals surface area contributed by atoms with Crippen LogP contribution in [0.15, 0.2) is 72.8 Å². The second kappa shape index (κ2) is 6.02. The summed E-state index contributed by atoms with van der Waals surface area (Å²) in [5, 5.41) is 4.21. The van der Waals surface area contributed by atoms with Crippen molar-refractivity contribution in [2.75, 3.05) is 5.32 Å². The SMILES string of the molecule is Cc1ccc(Nc2ccc(Cl)cc2-c2ccccc2)cc1. The molecule has 0 heterocycles. The number of anilines is 2. The second-order valence-corrected chi connectivity index (χ2v) is 5.48. The molecule has 104 valence electrons. The summed E-state index contributed by atoms with van der Waals surface area (Å²) in [5.41, 5.74) is 5.62. The summed E-state index contributed by atoms with van der Waals surface area (Å²) in [6.07, 6.45) is 0. The lowest BCUT2D eigenvalue weighted by atomic mass is 10.0. The van der Waals surface area contributed by atoms with E-state index >= 15 is 0 Å². The monoisotopic (exact) mass is 293 g/mol. The Kier molecular flexibility index (Phi) is 3.94. The lowest BCUT2D eigenvalue weighted by Crippen LogP contribution is -1.93. The first-order chi connectivity index (χ1) is 10.2. The Balaban J connectivity index is 2.00. The molecule has 0 aliphatic heterocycles. The average molecular weight is 294 g/mol. The summed E-state index contributed by atoms with van der Waals surface area (Å²) in [6, 6.07) is 24.5. The van der Waals surface area contributed by atoms with Crippen LogP contribution in [0.5, 0.6) is 0 Å². The molecule has 0 fully saturated rings. The number of hydrogen-bond donors (Lipinski definition) is 1. The third-order valence-electron chi connectivity index (χ3n) is 3.40. The van der Waals surface area contributed by atoms with Crippen molar-refractivity contribution in [1.82, 2.24) is 0 Å². The van der Waals surface area contributed by atoms with Crippen LogP contribution in [0, 0.1) is 6.92 Å². The van der Waals surface area contributed by atoms with Crippen LogP contribution in [-0.4, -0.2) is 0 Å². The van der Waals surface area contributed by atoms with E-state index in [2.05, 4.69) is 48.6 Å². The minimum absolute atomic E-state index is 0.739. The van der Waals surface area contributed by atoms with E-state index in [0.29, 0.717) is 0 Å². The van der Waals surface area contributed by atoms with Crippen molar-refractivity contribution in [2.45, 2.75) is 6.92 Å². The van der Waals surface area contributed by atoms with E-state index in [0.717, 1.165) is 27.5 Å². The third-order valence-corrected chi connectivity index (χ3v) is 3.63. The van der Waals surface area contributed by atoms with E-state index < -0.39 is 0 Å². The zero-order valence-electron chi connectivity index (χ0n) is 11.8. The Morgan fingerprint density at radius 1 is 0.810 bits per heavy atom. The molecule has 3 aromatic rings. The van der Waals surface area contributed by atoms with Gasteiger partial charge in [0.2, 0.25) is 0 Å². The molecule has 0 spiro atoms. The summed E-state index contributed by atoms with van der Waals surface area (Å²) in [6.45, 7) is 2.08. The van der Waals surface area contributed by atoms with Gasteiger partial charge in [0.15, 0.2) is 0 Å². The highest BCUT2D eigenvalue weighted by molar-refractivity contribution is 6.31. The Morgan fingerprint density at radius 2 is 1.52 bits per heavy atom. The largest absolute Gasteiger partial charge is 0.355 e. The van der Waals surface area contributed by atoms with E-state index in [1.165, 1.54) is 5.56 Å². The van der Waals surface area contributed by atoms with Crippen molar-refractivity contribution >= 4 is 23.0 Å². The van der Waals surface area contributed by atoms with Crippen molar-refractivity contribution in [1.29, 1.82) is 0 Å². The molecule has 3 aromatic carbocycles. The normalized spacial score (nSPS) is 10.4. The zero-order chi connectivity index (χ0) is 14.7. The molecule has 1 nitrogen and oxygen atoms in total. The number of hydrogen-bond acceptors (Lipinski definition) is 1. The topological polar surface area (TPSA) is 12.0 Å². The lowest BCUT2D eigenvalue weighted by Gasteiger charge is -2.13. The first kappa shape index (κ1) is 13.7. The molecule has 0 aliphatic carbocycles. The van der Waals surface area contributed by atoms with Gasteiger partial charge in [0, 0.05) is 22.0 Å². The summed E-state index contributed by atoms with van der Waals surface area (Å²) in [5.74, 6) is 0. The molecule has 0 radical (unpaired) electrons. The molecule has 0 atom stereocenters. The maximum absolute atomic E-state index is 6.16. The molecule has 3 rings (SSSR count). The standard InChI is InChI=1S/C19H16ClN/c1-14-7-10-17(11-8-14)21-19-12-9-16(20)13-18(19)15-5-3-2-4-6-15/h2-13,21H,1H3. The Labute approximate surface area is 130 Å². The van der Waals surface area contributed by atoms with Crippen molar-refractivity contribution < 1.29 is 0 Å². The van der Waals surface area contributed by atoms with Crippen molar-refractivity contribution in [3.63, 3.8) is 0 Å². The Morgan fingerprint density at radius 3 is 2.24 bits per heavy atom. The van der Waals surface area contributed by atoms with E-state index in [1.807, 2.05) is 36.4 Å². The fourth-order valence-corrected chi connectivity index (χ4v) is 2.45. The summed E-state index contributed by atoms with van der Waals surface area (Å²) in [7, 11) is 0. The van der Waals surface area contributed by atoms with Crippen LogP contribution in [-0.2, 0) is 0 Å². The van der Waals surface area contributed by atoms with Crippen molar-refractivity contribution in [3.8, 4) is 11.1 Å². The molecular weight excluding hydrogens is 278 g/mol. The second-order valence-electron chi connectivity index (χ2n) is 5.05. The van der Waals surface area contributed by atoms with Gasteiger partial charge in [-0.25, -0.2) is 0 Å². The summed E-state index contributed by atoms with van der Waals surface area (Å²) < 4.78 is 0. The van der Waals surface area contributed by atoms with Gasteiger partial charge in [-0.15, -0.1) is 0 Å². The van der Waals surface area contributed by atoms with Gasteiger partial charge >= 0.3 is 0 Å². The fraction of sp³-hybridized carbons (Fsp3) is 0.0526. The highest BCUT2D eigenvalue weighted by Crippen LogP contribution is 2.32. The molecule has 0 saturated carbocycles. The maximum Gasteiger partial charge on any atom is 0.0464 e. The molecule has 0 saturated heterocycles. The van der Waals surface area contributed by atoms with Gasteiger partial charge in [0.1, 0.15) is 0 Å². The number of halogens is 1. The third kappa shape index (κ3) is 3.26. The number of rotatable bonds is 3. The van der Waals surface area contributed by atoms with Crippen LogP contribution in [0.3, 0.4) is 0 Å². The molecule has 2 heteroatoms. The van der Waals surface area contributed by atoms with Crippen LogP contribution < -0.4 is 5.32 Å². The molecule has 0 aromatic heterocycles. The number of aryl methyl sites for hydroxylation is 1. The molecule has 0 aliphatic rings. The van der Waals surface area contributed by atoms with Crippen molar-refractivity contribution in [2.24, 2.45) is 0 Å². The van der Waals surface area contributed by atoms with Gasteiger partial charge < -0.3 is 5.32 Å². The van der Waals surface area contributed by atoms with Gasteiger partial charge in [-0.3, -0.25) is 0 Å². The average Bonchev–Trinajstić information content (AvgIpc) is 2.52. The summed E-state index contributed by atoms with van der Waals surface area (Å²) in [4.78, 5) is 0. The number of nitrogens with one attached hydrogen (secondary N) is 1. The Bertz CT molecular complexity index is 733. The first-order valence-corrected chi connectivity index (χ1v) is 7.29. The molecule has 21 heavy (non-hydrogen) atoms. The van der Waals surface area contributed by atoms with Crippen LogP contribution >= 0.6 is 11.6 Å². The maximum atomic E-state index is 6.16. The molecule has 0 bridgehead atoms. The fourth-order valence-electron chi connectivity index (χ4n) is 2.27. The van der Waals surface area contributed by atoms with Gasteiger partial charge in [-0.2, -0.15) is 0 Å². The zero-order valence-corrected chi connectivity index (χ0v) is 12.6. The van der Waals surface area contributed by atoms with Crippen LogP contribution in [0.25, 0.3) is 11.1 Å². The first-order valence-electron chi connectivity index (χ1n) is 6.91. The van der Waals surface area contributed by atoms with Gasteiger partial charge in [-0.05, 0) is 42.8 Å². The van der Waals surface area contributed by atoms with E-state index in [-0.39, 0.29) is 0 Å². The Hall–Kier alpha value is -2.25. The lowest BCUT2D eigenvalue weighted by molar-refractivity contribution is 1.45. The minimum Gasteiger partial charge on any atom is -0.355 e. The highest BCUT2D eigenvalue weighted by atomic mass is 35.5. The molecule has 0 amide bonds. The molecular formula is C19H16ClN. The van der Waals surface area contributed by atoms with E-state index in [4.69, 9.17) is 11.6 Å². The predicted molar refractivity (Wildman–Crippen MR) is 91.3 cm³/mol. The van der Waals surface area contributed by atoms with Crippen molar-refractivity contribution in [3.05, 3.63) is 83.4 Å². The minimum atomic E-state index is 0.739. The summed E-state index contributed by atoms with van der Waals surface area (Å²) >= 11 is 6.16. The van der Waals surface area contributed by atoms with Crippen LogP contribution in [0.2, 0.25) is 5.02 Å².